The highest BCUT2D eigenvalue weighted by Crippen LogP contribution is 2.27. The minimum atomic E-state index is -0.320. The maximum atomic E-state index is 14.2. The number of hydrogen-bond donors (Lipinski definition) is 1. The highest BCUT2D eigenvalue weighted by Gasteiger charge is 2.13. The molecule has 0 aliphatic carbocycles. The Bertz CT molecular complexity index is 575. The third-order valence-electron chi connectivity index (χ3n) is 2.90. The van der Waals surface area contributed by atoms with Gasteiger partial charge in [-0.3, -0.25) is 0 Å². The molecule has 1 aromatic carbocycles. The van der Waals surface area contributed by atoms with Crippen LogP contribution >= 0.6 is 0 Å². The van der Waals surface area contributed by atoms with Crippen molar-refractivity contribution in [2.24, 2.45) is 0 Å². The van der Waals surface area contributed by atoms with Gasteiger partial charge in [0.25, 0.3) is 0 Å². The molecule has 5 heteroatoms. The fourth-order valence-electron chi connectivity index (χ4n) is 1.93. The highest BCUT2D eigenvalue weighted by atomic mass is 19.1. The van der Waals surface area contributed by atoms with Gasteiger partial charge in [-0.15, -0.1) is 0 Å². The minimum absolute atomic E-state index is 0.320. The molecular weight excluding hydrogens is 257 g/mol. The van der Waals surface area contributed by atoms with Gasteiger partial charge in [0.05, 0.1) is 7.11 Å². The number of methoxy groups -OCH3 is 1. The van der Waals surface area contributed by atoms with E-state index in [1.54, 1.807) is 6.07 Å². The van der Waals surface area contributed by atoms with Gasteiger partial charge in [0.1, 0.15) is 11.5 Å². The quantitative estimate of drug-likeness (QED) is 0.823. The van der Waals surface area contributed by atoms with Crippen molar-refractivity contribution in [2.75, 3.05) is 13.7 Å². The van der Waals surface area contributed by atoms with Gasteiger partial charge >= 0.3 is 0 Å². The van der Waals surface area contributed by atoms with Gasteiger partial charge in [-0.05, 0) is 30.7 Å². The van der Waals surface area contributed by atoms with Crippen LogP contribution in [0.5, 0.6) is 5.88 Å². The number of halogens is 1. The molecule has 2 rings (SSSR count). The number of benzene rings is 1. The van der Waals surface area contributed by atoms with Gasteiger partial charge in [0.2, 0.25) is 5.88 Å². The first-order chi connectivity index (χ1) is 9.76. The Hall–Kier alpha value is -2.01. The van der Waals surface area contributed by atoms with Crippen molar-refractivity contribution in [3.05, 3.63) is 42.0 Å². The molecule has 1 heterocycles. The Labute approximate surface area is 118 Å². The Morgan fingerprint density at radius 2 is 2.05 bits per heavy atom. The number of nitrogens with one attached hydrogen (secondary N) is 1. The van der Waals surface area contributed by atoms with Crippen LogP contribution in [0.3, 0.4) is 0 Å². The van der Waals surface area contributed by atoms with Crippen molar-refractivity contribution in [1.82, 2.24) is 15.3 Å². The predicted octanol–water partition coefficient (Wildman–Crippen LogP) is 2.79. The van der Waals surface area contributed by atoms with E-state index >= 15 is 0 Å². The van der Waals surface area contributed by atoms with E-state index in [-0.39, 0.29) is 5.82 Å². The Morgan fingerprint density at radius 3 is 2.75 bits per heavy atom. The first-order valence-electron chi connectivity index (χ1n) is 6.60. The molecule has 0 fully saturated rings. The molecule has 0 spiro atoms. The Balaban J connectivity index is 2.25. The van der Waals surface area contributed by atoms with Crippen molar-refractivity contribution in [3.8, 4) is 17.1 Å². The molecule has 1 aromatic heterocycles. The van der Waals surface area contributed by atoms with E-state index in [1.807, 2.05) is 6.07 Å². The molecule has 0 atom stereocenters. The summed E-state index contributed by atoms with van der Waals surface area (Å²) in [5.74, 6) is 0.00264. The lowest BCUT2D eigenvalue weighted by molar-refractivity contribution is 0.397. The zero-order valence-electron chi connectivity index (χ0n) is 11.7. The summed E-state index contributed by atoms with van der Waals surface area (Å²) >= 11 is 0. The van der Waals surface area contributed by atoms with Gasteiger partial charge in [-0.2, -0.15) is 0 Å². The standard InChI is InChI=1S/C15H18FN3O/c1-3-6-17-10-11-4-5-12(13(16)9-11)14-15(20-2)19-8-7-18-14/h4-5,7-9,17H,3,6,10H2,1-2H3. The smallest absolute Gasteiger partial charge is 0.240 e. The normalized spacial score (nSPS) is 10.6. The minimum Gasteiger partial charge on any atom is -0.479 e. The first-order valence-corrected chi connectivity index (χ1v) is 6.60. The Morgan fingerprint density at radius 1 is 1.25 bits per heavy atom. The average Bonchev–Trinajstić information content (AvgIpc) is 2.48. The van der Waals surface area contributed by atoms with Crippen LogP contribution in [-0.4, -0.2) is 23.6 Å². The summed E-state index contributed by atoms with van der Waals surface area (Å²) in [6.07, 6.45) is 4.09. The fraction of sp³-hybridized carbons (Fsp3) is 0.333. The largest absolute Gasteiger partial charge is 0.479 e. The molecule has 106 valence electrons. The molecule has 0 unspecified atom stereocenters. The molecule has 20 heavy (non-hydrogen) atoms. The van der Waals surface area contributed by atoms with Gasteiger partial charge < -0.3 is 10.1 Å². The number of ether oxygens (including phenoxy) is 1. The summed E-state index contributed by atoms with van der Waals surface area (Å²) in [5, 5.41) is 3.24. The van der Waals surface area contributed by atoms with E-state index in [4.69, 9.17) is 4.74 Å². The molecule has 0 saturated heterocycles. The van der Waals surface area contributed by atoms with E-state index in [0.29, 0.717) is 23.7 Å². The topological polar surface area (TPSA) is 47.0 Å². The van der Waals surface area contributed by atoms with E-state index in [2.05, 4.69) is 22.2 Å². The van der Waals surface area contributed by atoms with Crippen LogP contribution in [0.15, 0.2) is 30.6 Å². The lowest BCUT2D eigenvalue weighted by Gasteiger charge is -2.09. The molecule has 0 aliphatic rings. The van der Waals surface area contributed by atoms with Gasteiger partial charge in [0, 0.05) is 24.5 Å². The number of rotatable bonds is 6. The van der Waals surface area contributed by atoms with Crippen LogP contribution in [0.1, 0.15) is 18.9 Å². The van der Waals surface area contributed by atoms with Crippen molar-refractivity contribution in [2.45, 2.75) is 19.9 Å². The molecule has 0 radical (unpaired) electrons. The van der Waals surface area contributed by atoms with Crippen LogP contribution in [0.2, 0.25) is 0 Å². The van der Waals surface area contributed by atoms with Gasteiger partial charge in [0.15, 0.2) is 0 Å². The summed E-state index contributed by atoms with van der Waals surface area (Å²) in [4.78, 5) is 8.18. The number of nitrogens with zero attached hydrogens (tertiary/aromatic N) is 2. The molecule has 2 aromatic rings. The van der Waals surface area contributed by atoms with Crippen molar-refractivity contribution >= 4 is 0 Å². The van der Waals surface area contributed by atoms with Crippen molar-refractivity contribution < 1.29 is 9.13 Å². The Kier molecular flexibility index (Phi) is 5.01. The second kappa shape index (κ2) is 6.96. The van der Waals surface area contributed by atoms with Crippen molar-refractivity contribution in [1.29, 1.82) is 0 Å². The molecule has 0 amide bonds. The summed E-state index contributed by atoms with van der Waals surface area (Å²) < 4.78 is 19.3. The van der Waals surface area contributed by atoms with Gasteiger partial charge in [-0.25, -0.2) is 14.4 Å². The van der Waals surface area contributed by atoms with Crippen LogP contribution in [-0.2, 0) is 6.54 Å². The zero-order chi connectivity index (χ0) is 14.4. The van der Waals surface area contributed by atoms with Crippen molar-refractivity contribution in [3.63, 3.8) is 0 Å². The second-order valence-corrected chi connectivity index (χ2v) is 4.41. The van der Waals surface area contributed by atoms with Crippen LogP contribution in [0.4, 0.5) is 4.39 Å². The summed E-state index contributed by atoms with van der Waals surface area (Å²) in [6, 6.07) is 5.12. The lowest BCUT2D eigenvalue weighted by atomic mass is 10.1. The lowest BCUT2D eigenvalue weighted by Crippen LogP contribution is -2.13. The monoisotopic (exact) mass is 275 g/mol. The SMILES string of the molecule is CCCNCc1ccc(-c2nccnc2OC)c(F)c1. The molecule has 1 N–H and O–H groups in total. The molecular formula is C15H18FN3O. The number of hydrogen-bond acceptors (Lipinski definition) is 4. The summed E-state index contributed by atoms with van der Waals surface area (Å²) in [5.41, 5.74) is 1.72. The average molecular weight is 275 g/mol. The van der Waals surface area contributed by atoms with Crippen LogP contribution in [0, 0.1) is 5.82 Å². The zero-order valence-corrected chi connectivity index (χ0v) is 11.7. The second-order valence-electron chi connectivity index (χ2n) is 4.41. The van der Waals surface area contributed by atoms with Gasteiger partial charge in [-0.1, -0.05) is 13.0 Å². The van der Waals surface area contributed by atoms with Crippen LogP contribution < -0.4 is 10.1 Å². The van der Waals surface area contributed by atoms with E-state index in [0.717, 1.165) is 18.5 Å². The highest BCUT2D eigenvalue weighted by molar-refractivity contribution is 5.65. The third-order valence-corrected chi connectivity index (χ3v) is 2.90. The maximum absolute atomic E-state index is 14.2. The maximum Gasteiger partial charge on any atom is 0.240 e. The molecule has 0 aliphatic heterocycles. The first kappa shape index (κ1) is 14.4. The molecule has 0 saturated carbocycles. The van der Waals surface area contributed by atoms with E-state index < -0.39 is 0 Å². The molecule has 0 bridgehead atoms. The van der Waals surface area contributed by atoms with E-state index in [1.165, 1.54) is 25.6 Å². The summed E-state index contributed by atoms with van der Waals surface area (Å²) in [7, 11) is 1.49. The van der Waals surface area contributed by atoms with E-state index in [9.17, 15) is 4.39 Å². The predicted molar refractivity (Wildman–Crippen MR) is 76.0 cm³/mol. The van der Waals surface area contributed by atoms with Crippen LogP contribution in [0.25, 0.3) is 11.3 Å². The summed E-state index contributed by atoms with van der Waals surface area (Å²) in [6.45, 7) is 3.67. The fourth-order valence-corrected chi connectivity index (χ4v) is 1.93. The number of aromatic nitrogens is 2. The third kappa shape index (κ3) is 3.30. The molecule has 4 nitrogen and oxygen atoms in total.